The van der Waals surface area contributed by atoms with Crippen LogP contribution in [0.15, 0.2) is 146 Å². The molecule has 1 unspecified atom stereocenters. The number of esters is 2. The number of ether oxygens (including phenoxy) is 2. The lowest BCUT2D eigenvalue weighted by Crippen LogP contribution is -2.01. The van der Waals surface area contributed by atoms with Crippen molar-refractivity contribution in [1.29, 1.82) is 0 Å². The van der Waals surface area contributed by atoms with E-state index in [-0.39, 0.29) is 24.1 Å². The van der Waals surface area contributed by atoms with Crippen LogP contribution in [-0.4, -0.2) is 46.6 Å². The summed E-state index contributed by atoms with van der Waals surface area (Å²) in [4.78, 5) is 21.9. The van der Waals surface area contributed by atoms with E-state index in [0.717, 1.165) is 51.4 Å². The fraction of sp³-hybridized carbons (Fsp3) is 0.409. The van der Waals surface area contributed by atoms with Crippen molar-refractivity contribution in [2.24, 2.45) is 0 Å². The van der Waals surface area contributed by atoms with Crippen LogP contribution in [0.5, 0.6) is 0 Å². The number of hydrogen-bond donors (Lipinski definition) is 2. The van der Waals surface area contributed by atoms with Crippen LogP contribution in [0.2, 0.25) is 0 Å². The van der Waals surface area contributed by atoms with Crippen LogP contribution in [0, 0.1) is 0 Å². The predicted octanol–water partition coefficient (Wildman–Crippen LogP) is 9.94. The SMILES string of the molecule is CC/C=C\C[C@H](O)/C=C/C=C\C/C=C\C/C=C\C=C\C1CCC(=O)O1.CC/C=C\C[C@H](O)/C=C/C=C\C/C=C\C/C=C\C=C\[C@H]1CCC(=O)O1. The van der Waals surface area contributed by atoms with Crippen LogP contribution < -0.4 is 0 Å². The fourth-order valence-corrected chi connectivity index (χ4v) is 4.42. The molecule has 2 N–H and O–H groups in total. The first-order valence-corrected chi connectivity index (χ1v) is 18.1. The Labute approximate surface area is 301 Å². The van der Waals surface area contributed by atoms with Crippen molar-refractivity contribution in [2.75, 3.05) is 0 Å². The summed E-state index contributed by atoms with van der Waals surface area (Å²) in [5.41, 5.74) is 0. The summed E-state index contributed by atoms with van der Waals surface area (Å²) in [5.74, 6) is -0.209. The Balaban J connectivity index is 0.000000500. The van der Waals surface area contributed by atoms with E-state index >= 15 is 0 Å². The molecule has 0 spiro atoms. The Kier molecular flexibility index (Phi) is 28.0. The van der Waals surface area contributed by atoms with E-state index in [1.165, 1.54) is 0 Å². The third-order valence-electron chi connectivity index (χ3n) is 7.12. The number of carbonyl (C=O) groups excluding carboxylic acids is 2. The highest BCUT2D eigenvalue weighted by atomic mass is 16.6. The van der Waals surface area contributed by atoms with E-state index in [2.05, 4.69) is 74.6 Å². The Hall–Kier alpha value is -4.26. The third-order valence-corrected chi connectivity index (χ3v) is 7.12. The maximum atomic E-state index is 10.9. The number of cyclic esters (lactones) is 2. The van der Waals surface area contributed by atoms with Crippen molar-refractivity contribution in [1.82, 2.24) is 0 Å². The Morgan fingerprint density at radius 2 is 0.880 bits per heavy atom. The number of hydrogen-bond acceptors (Lipinski definition) is 6. The van der Waals surface area contributed by atoms with Crippen molar-refractivity contribution < 1.29 is 29.3 Å². The third kappa shape index (κ3) is 27.7. The topological polar surface area (TPSA) is 93.1 Å². The summed E-state index contributed by atoms with van der Waals surface area (Å²) in [5, 5.41) is 19.4. The number of aliphatic hydroxyl groups excluding tert-OH is 2. The number of allylic oxidation sites excluding steroid dienone is 18. The van der Waals surface area contributed by atoms with E-state index in [0.29, 0.717) is 25.7 Å². The summed E-state index contributed by atoms with van der Waals surface area (Å²) in [7, 11) is 0. The van der Waals surface area contributed by atoms with E-state index < -0.39 is 12.2 Å². The van der Waals surface area contributed by atoms with Crippen molar-refractivity contribution in [3.8, 4) is 0 Å². The largest absolute Gasteiger partial charge is 0.458 e. The van der Waals surface area contributed by atoms with E-state index in [1.54, 1.807) is 12.2 Å². The second-order valence-corrected chi connectivity index (χ2v) is 11.6. The molecule has 0 radical (unpaired) electrons. The molecule has 0 aromatic rings. The van der Waals surface area contributed by atoms with Gasteiger partial charge in [-0.25, -0.2) is 0 Å². The van der Waals surface area contributed by atoms with Crippen molar-refractivity contribution in [3.63, 3.8) is 0 Å². The van der Waals surface area contributed by atoms with Crippen molar-refractivity contribution in [2.45, 2.75) is 115 Å². The molecular formula is C44H60O6. The minimum absolute atomic E-state index is 0.0490. The highest BCUT2D eigenvalue weighted by Crippen LogP contribution is 2.15. The van der Waals surface area contributed by atoms with Crippen molar-refractivity contribution >= 4 is 11.9 Å². The second-order valence-electron chi connectivity index (χ2n) is 11.6. The first-order chi connectivity index (χ1) is 24.4. The lowest BCUT2D eigenvalue weighted by molar-refractivity contribution is -0.140. The van der Waals surface area contributed by atoms with E-state index in [9.17, 15) is 19.8 Å². The maximum absolute atomic E-state index is 10.9. The van der Waals surface area contributed by atoms with Gasteiger partial charge in [0.15, 0.2) is 0 Å². The molecule has 2 heterocycles. The van der Waals surface area contributed by atoms with Crippen LogP contribution in [0.25, 0.3) is 0 Å². The van der Waals surface area contributed by atoms with Gasteiger partial charge in [0.2, 0.25) is 0 Å². The first-order valence-electron chi connectivity index (χ1n) is 18.1. The first kappa shape index (κ1) is 43.8. The standard InChI is InChI=1S/2C22H30O3/c2*1-2-3-12-15-20(23)16-13-10-8-6-4-5-7-9-11-14-17-21-18-19-22(24)25-21/h2*3-5,8-14,16-17,20-21,23H,2,6-7,15,18-19H2,1H3/b2*5-4-,10-8-,11-9-,12-3-,16-13+,17-14+/t20-,21?;20-,21-/m00/s1. The average Bonchev–Trinajstić information content (AvgIpc) is 3.72. The van der Waals surface area contributed by atoms with Crippen LogP contribution in [0.3, 0.4) is 0 Å². The molecule has 50 heavy (non-hydrogen) atoms. The minimum atomic E-state index is -0.408. The van der Waals surface area contributed by atoms with Crippen LogP contribution >= 0.6 is 0 Å². The van der Waals surface area contributed by atoms with Gasteiger partial charge in [0, 0.05) is 12.8 Å². The summed E-state index contributed by atoms with van der Waals surface area (Å²) in [6, 6.07) is 0. The normalized spacial score (nSPS) is 20.4. The minimum Gasteiger partial charge on any atom is -0.458 e. The smallest absolute Gasteiger partial charge is 0.306 e. The van der Waals surface area contributed by atoms with Gasteiger partial charge in [0.25, 0.3) is 0 Å². The number of rotatable bonds is 22. The van der Waals surface area contributed by atoms with Crippen molar-refractivity contribution in [3.05, 3.63) is 146 Å². The van der Waals surface area contributed by atoms with Crippen LogP contribution in [0.1, 0.15) is 90.9 Å². The molecule has 0 amide bonds. The highest BCUT2D eigenvalue weighted by Gasteiger charge is 2.20. The van der Waals surface area contributed by atoms with Gasteiger partial charge in [0.05, 0.1) is 12.2 Å². The van der Waals surface area contributed by atoms with E-state index in [4.69, 9.17) is 9.47 Å². The van der Waals surface area contributed by atoms with Gasteiger partial charge in [0.1, 0.15) is 12.2 Å². The molecular weight excluding hydrogens is 624 g/mol. The molecule has 0 bridgehead atoms. The molecule has 6 nitrogen and oxygen atoms in total. The Morgan fingerprint density at radius 1 is 0.520 bits per heavy atom. The van der Waals surface area contributed by atoms with Gasteiger partial charge in [-0.1, -0.05) is 148 Å². The van der Waals surface area contributed by atoms with Gasteiger partial charge in [-0.3, -0.25) is 9.59 Å². The zero-order chi connectivity index (χ0) is 36.3. The molecule has 2 fully saturated rings. The Bertz CT molecular complexity index is 1170. The quantitative estimate of drug-likeness (QED) is 0.0670. The van der Waals surface area contributed by atoms with Crippen LogP contribution in [0.4, 0.5) is 0 Å². The zero-order valence-corrected chi connectivity index (χ0v) is 30.2. The maximum Gasteiger partial charge on any atom is 0.306 e. The van der Waals surface area contributed by atoms with Crippen LogP contribution in [-0.2, 0) is 19.1 Å². The molecule has 0 aliphatic carbocycles. The summed E-state index contributed by atoms with van der Waals surface area (Å²) in [6.07, 6.45) is 56.3. The molecule has 0 aromatic heterocycles. The summed E-state index contributed by atoms with van der Waals surface area (Å²) < 4.78 is 10.2. The summed E-state index contributed by atoms with van der Waals surface area (Å²) >= 11 is 0. The average molecular weight is 685 g/mol. The molecule has 0 saturated carbocycles. The summed E-state index contributed by atoms with van der Waals surface area (Å²) in [6.45, 7) is 4.16. The molecule has 4 atom stereocenters. The molecule has 272 valence electrons. The van der Waals surface area contributed by atoms with Gasteiger partial charge in [-0.2, -0.15) is 0 Å². The molecule has 2 aliphatic rings. The molecule has 0 aromatic carbocycles. The Morgan fingerprint density at radius 3 is 1.20 bits per heavy atom. The lowest BCUT2D eigenvalue weighted by Gasteiger charge is -1.99. The zero-order valence-electron chi connectivity index (χ0n) is 30.2. The second kappa shape index (κ2) is 32.0. The molecule has 2 aliphatic heterocycles. The molecule has 6 heteroatoms. The fourth-order valence-electron chi connectivity index (χ4n) is 4.42. The monoisotopic (exact) mass is 684 g/mol. The predicted molar refractivity (Wildman–Crippen MR) is 208 cm³/mol. The van der Waals surface area contributed by atoms with Gasteiger partial charge < -0.3 is 19.7 Å². The van der Waals surface area contributed by atoms with E-state index in [1.807, 2.05) is 72.9 Å². The molecule has 2 saturated heterocycles. The molecule has 2 rings (SSSR count). The number of carbonyl (C=O) groups is 2. The lowest BCUT2D eigenvalue weighted by atomic mass is 10.2. The highest BCUT2D eigenvalue weighted by molar-refractivity contribution is 5.72. The van der Waals surface area contributed by atoms with Gasteiger partial charge in [-0.05, 0) is 76.4 Å². The number of aliphatic hydroxyl groups is 2. The van der Waals surface area contributed by atoms with Gasteiger partial charge in [-0.15, -0.1) is 0 Å². The van der Waals surface area contributed by atoms with Gasteiger partial charge >= 0.3 is 11.9 Å².